The molecule has 0 radical (unpaired) electrons. The zero-order valence-electron chi connectivity index (χ0n) is 52.8. The molecule has 0 atom stereocenters. The Hall–Kier alpha value is -2.43. The molecule has 0 N–H and O–H groups in total. The summed E-state index contributed by atoms with van der Waals surface area (Å²) in [4.78, 5) is 3.43. The van der Waals surface area contributed by atoms with E-state index in [0.717, 1.165) is 37.7 Å². The van der Waals surface area contributed by atoms with Crippen LogP contribution < -0.4 is 0 Å². The standard InChI is InChI=1S/C59H96N2.2C8H17.Ni/c1-4-7-10-12-14-16-18-20-21-22-23-24-25-26-27-28-30-31-33-35-37-39-44-55(53-61-60)52-59(57-50-48-54(49-51-57)43-9-6-3)58-47-42-41-46-56(58)45-40-38-36-34-32-29-19-17-15-13-11-8-5-2;2*1-3-5-7-8-6-4-2;/h36,38,41-42,46-52H,4-35,37,39-40,43-45H2,1-3H3;2*1,3-8H2,2H3;. The van der Waals surface area contributed by atoms with Crippen molar-refractivity contribution in [3.8, 4) is 0 Å². The van der Waals surface area contributed by atoms with Crippen molar-refractivity contribution in [2.75, 3.05) is 0 Å². The third-order valence-electron chi connectivity index (χ3n) is 16.1. The van der Waals surface area contributed by atoms with Crippen LogP contribution in [0.5, 0.6) is 0 Å². The molecule has 0 fully saturated rings. The van der Waals surface area contributed by atoms with Gasteiger partial charge >= 0.3 is 122 Å². The third kappa shape index (κ3) is 47.2. The molecule has 3 heteroatoms. The van der Waals surface area contributed by atoms with Crippen LogP contribution in [0.1, 0.15) is 365 Å². The zero-order chi connectivity index (χ0) is 56.1. The summed E-state index contributed by atoms with van der Waals surface area (Å²) in [6, 6.07) is 18.1. The van der Waals surface area contributed by atoms with Gasteiger partial charge in [0.05, 0.1) is 5.57 Å². The van der Waals surface area contributed by atoms with E-state index in [1.54, 1.807) is 0 Å². The van der Waals surface area contributed by atoms with Crippen molar-refractivity contribution in [3.05, 3.63) is 100 Å². The number of nitrogens with zero attached hydrogens (tertiary/aromatic N) is 2. The first kappa shape index (κ1) is 73.6. The third-order valence-corrected chi connectivity index (χ3v) is 17.5. The van der Waals surface area contributed by atoms with Crippen molar-refractivity contribution < 1.29 is 19.2 Å². The number of allylic oxidation sites excluding steroid dienone is 4. The molecule has 0 saturated carbocycles. The summed E-state index contributed by atoms with van der Waals surface area (Å²) in [6.07, 6.45) is 75.2. The van der Waals surface area contributed by atoms with Gasteiger partial charge < -0.3 is 5.53 Å². The van der Waals surface area contributed by atoms with E-state index in [-0.39, 0.29) is 0 Å². The topological polar surface area (TPSA) is 36.4 Å². The summed E-state index contributed by atoms with van der Waals surface area (Å²) in [5, 5.41) is 2.85. The monoisotopic (exact) mass is 1120 g/mol. The van der Waals surface area contributed by atoms with Gasteiger partial charge in [-0.2, -0.15) is 0 Å². The molecule has 78 heavy (non-hydrogen) atoms. The van der Waals surface area contributed by atoms with Crippen molar-refractivity contribution in [1.82, 2.24) is 0 Å². The van der Waals surface area contributed by atoms with Gasteiger partial charge in [-0.15, -0.1) is 4.79 Å². The Balaban J connectivity index is 0.00000152. The van der Waals surface area contributed by atoms with E-state index in [4.69, 9.17) is 0 Å². The molecular formula is C75H130N2Ni. The second-order valence-electron chi connectivity index (χ2n) is 23.6. The number of aryl methyl sites for hydroxylation is 2. The van der Waals surface area contributed by atoms with Crippen molar-refractivity contribution in [2.45, 2.75) is 366 Å². The fraction of sp³-hybridized carbons (Fsp3) is 0.760. The van der Waals surface area contributed by atoms with Gasteiger partial charge in [0, 0.05) is 0 Å². The maximum absolute atomic E-state index is 9.68. The van der Waals surface area contributed by atoms with Gasteiger partial charge in [0.2, 0.25) is 0 Å². The Bertz CT molecular complexity index is 1680. The van der Waals surface area contributed by atoms with E-state index in [1.807, 2.05) is 14.4 Å². The normalized spacial score (nSPS) is 11.6. The minimum atomic E-state index is 0.880. The molecule has 2 aromatic carbocycles. The van der Waals surface area contributed by atoms with Crippen LogP contribution in [0, 0.1) is 0 Å². The van der Waals surface area contributed by atoms with Crippen LogP contribution in [0.25, 0.3) is 11.1 Å². The summed E-state index contributed by atoms with van der Waals surface area (Å²) in [7, 11) is 0. The van der Waals surface area contributed by atoms with Gasteiger partial charge in [0.25, 0.3) is 0 Å². The van der Waals surface area contributed by atoms with Crippen LogP contribution >= 0.6 is 0 Å². The van der Waals surface area contributed by atoms with Crippen LogP contribution in [-0.2, 0) is 27.3 Å². The fourth-order valence-corrected chi connectivity index (χ4v) is 12.1. The molecular weight excluding hydrogens is 988 g/mol. The van der Waals surface area contributed by atoms with E-state index in [9.17, 15) is 5.53 Å². The fourth-order valence-electron chi connectivity index (χ4n) is 10.9. The Morgan fingerprint density at radius 3 is 1.19 bits per heavy atom. The summed E-state index contributed by atoms with van der Waals surface area (Å²) >= 11 is 2.01. The molecule has 2 nitrogen and oxygen atoms in total. The molecule has 0 aliphatic heterocycles. The summed E-state index contributed by atoms with van der Waals surface area (Å²) in [5.41, 5.74) is 17.2. The van der Waals surface area contributed by atoms with E-state index in [0.29, 0.717) is 0 Å². The SMILES string of the molecule is CCCCCCCCCCCC=CCCc1ccccc1C(=CC(=C=[N+]=[N-])CCCCCCCCCCCCCCCCCCCCCCCC)c1ccc(CCCC)cc1.CCCCCCC[CH2][Ni][CH2]CCCCCCC. The van der Waals surface area contributed by atoms with Crippen LogP contribution in [0.4, 0.5) is 0 Å². The molecule has 0 bridgehead atoms. The molecule has 0 heterocycles. The van der Waals surface area contributed by atoms with Crippen LogP contribution in [-0.4, -0.2) is 10.7 Å². The summed E-state index contributed by atoms with van der Waals surface area (Å²) in [6.45, 7) is 11.4. The second kappa shape index (κ2) is 60.7. The molecule has 450 valence electrons. The summed E-state index contributed by atoms with van der Waals surface area (Å²) in [5.74, 6) is 2.98. The zero-order valence-corrected chi connectivity index (χ0v) is 53.8. The average Bonchev–Trinajstić information content (AvgIpc) is 3.46. The maximum atomic E-state index is 9.68. The van der Waals surface area contributed by atoms with Gasteiger partial charge in [0.1, 0.15) is 0 Å². The quantitative estimate of drug-likeness (QED) is 0.0120. The molecule has 0 spiro atoms. The second-order valence-corrected chi connectivity index (χ2v) is 25.0. The van der Waals surface area contributed by atoms with E-state index >= 15 is 0 Å². The van der Waals surface area contributed by atoms with Crippen molar-refractivity contribution in [3.63, 3.8) is 0 Å². The van der Waals surface area contributed by atoms with E-state index < -0.39 is 0 Å². The van der Waals surface area contributed by atoms with Gasteiger partial charge in [-0.25, -0.2) is 0 Å². The van der Waals surface area contributed by atoms with Gasteiger partial charge in [-0.05, 0) is 85.3 Å². The van der Waals surface area contributed by atoms with Gasteiger partial charge in [-0.3, -0.25) is 0 Å². The van der Waals surface area contributed by atoms with Gasteiger partial charge in [-0.1, -0.05) is 274 Å². The van der Waals surface area contributed by atoms with Crippen molar-refractivity contribution in [2.24, 2.45) is 0 Å². The molecule has 2 rings (SSSR count). The first-order valence-corrected chi connectivity index (χ1v) is 36.0. The van der Waals surface area contributed by atoms with Crippen molar-refractivity contribution in [1.29, 1.82) is 0 Å². The predicted octanol–water partition coefficient (Wildman–Crippen LogP) is 26.3. The van der Waals surface area contributed by atoms with Crippen molar-refractivity contribution >= 4 is 11.4 Å². The number of rotatable bonds is 56. The van der Waals surface area contributed by atoms with E-state index in [1.165, 1.54) is 328 Å². The number of benzene rings is 2. The molecule has 0 saturated heterocycles. The van der Waals surface area contributed by atoms with Gasteiger partial charge in [0.15, 0.2) is 0 Å². The Morgan fingerprint density at radius 1 is 0.397 bits per heavy atom. The molecule has 2 aromatic rings. The number of unbranched alkanes of at least 4 members (excludes halogenated alkanes) is 41. The van der Waals surface area contributed by atoms with E-state index in [2.05, 4.69) is 112 Å². The molecule has 0 amide bonds. The van der Waals surface area contributed by atoms with Crippen LogP contribution in [0.15, 0.2) is 72.3 Å². The number of hydrogen-bond acceptors (Lipinski definition) is 0. The first-order valence-electron chi connectivity index (χ1n) is 34.6. The Morgan fingerprint density at radius 2 is 0.769 bits per heavy atom. The van der Waals surface area contributed by atoms with Crippen LogP contribution in [0.3, 0.4) is 0 Å². The molecule has 0 unspecified atom stereocenters. The first-order chi connectivity index (χ1) is 38.6. The summed E-state index contributed by atoms with van der Waals surface area (Å²) < 4.78 is 0. The average molecular weight is 1120 g/mol. The predicted molar refractivity (Wildman–Crippen MR) is 348 cm³/mol. The Kier molecular flexibility index (Phi) is 57.2. The Labute approximate surface area is 494 Å². The molecule has 0 aliphatic rings. The molecule has 0 aromatic heterocycles. The number of hydrogen-bond donors (Lipinski definition) is 0. The van der Waals surface area contributed by atoms with Crippen LogP contribution in [0.2, 0.25) is 10.8 Å². The minimum absolute atomic E-state index is 0.880. The molecule has 0 aliphatic carbocycles.